The fourth-order valence-electron chi connectivity index (χ4n) is 1.93. The van der Waals surface area contributed by atoms with Crippen LogP contribution in [0.1, 0.15) is 6.92 Å². The van der Waals surface area contributed by atoms with Crippen molar-refractivity contribution < 1.29 is 4.79 Å². The van der Waals surface area contributed by atoms with E-state index >= 15 is 0 Å². The van der Waals surface area contributed by atoms with Crippen LogP contribution >= 0.6 is 0 Å². The third-order valence-corrected chi connectivity index (χ3v) is 2.68. The highest BCUT2D eigenvalue weighted by atomic mass is 16.2. The molecule has 1 heterocycles. The lowest BCUT2D eigenvalue weighted by Crippen LogP contribution is -2.49. The molecule has 2 atom stereocenters. The van der Waals surface area contributed by atoms with Crippen LogP contribution in [0, 0.1) is 5.92 Å². The van der Waals surface area contributed by atoms with Crippen molar-refractivity contribution in [1.82, 2.24) is 15.5 Å². The number of nitrogens with one attached hydrogen (secondary N) is 2. The Labute approximate surface area is 91.7 Å². The second-order valence-corrected chi connectivity index (χ2v) is 4.17. The van der Waals surface area contributed by atoms with Gasteiger partial charge in [-0.2, -0.15) is 0 Å². The Balaban J connectivity index is 2.72. The van der Waals surface area contributed by atoms with Crippen LogP contribution in [0.2, 0.25) is 0 Å². The molecule has 0 radical (unpaired) electrons. The van der Waals surface area contributed by atoms with Crippen molar-refractivity contribution >= 4 is 5.91 Å². The van der Waals surface area contributed by atoms with Gasteiger partial charge in [-0.15, -0.1) is 6.58 Å². The summed E-state index contributed by atoms with van der Waals surface area (Å²) in [5, 5.41) is 6.02. The predicted octanol–water partition coefficient (Wildman–Crippen LogP) is -0.172. The van der Waals surface area contributed by atoms with E-state index in [0.717, 1.165) is 19.6 Å². The molecular weight excluding hydrogens is 190 g/mol. The normalized spacial score (nSPS) is 28.3. The molecule has 1 aliphatic rings. The lowest BCUT2D eigenvalue weighted by atomic mass is 10.1. The van der Waals surface area contributed by atoms with E-state index in [-0.39, 0.29) is 11.9 Å². The average molecular weight is 211 g/mol. The second kappa shape index (κ2) is 5.88. The van der Waals surface area contributed by atoms with E-state index in [1.54, 1.807) is 0 Å². The highest BCUT2D eigenvalue weighted by Crippen LogP contribution is 2.09. The number of carbonyl (C=O) groups is 1. The van der Waals surface area contributed by atoms with Crippen LogP contribution in [-0.4, -0.2) is 50.1 Å². The molecule has 0 bridgehead atoms. The summed E-state index contributed by atoms with van der Waals surface area (Å²) in [4.78, 5) is 14.0. The number of hydrogen-bond donors (Lipinski definition) is 2. The monoisotopic (exact) mass is 211 g/mol. The number of hydrogen-bond acceptors (Lipinski definition) is 3. The summed E-state index contributed by atoms with van der Waals surface area (Å²) in [5.41, 5.74) is 0. The minimum absolute atomic E-state index is 0.0713. The summed E-state index contributed by atoms with van der Waals surface area (Å²) in [6.45, 7) is 9.05. The molecule has 4 heteroatoms. The van der Waals surface area contributed by atoms with Gasteiger partial charge in [-0.25, -0.2) is 0 Å². The van der Waals surface area contributed by atoms with E-state index in [9.17, 15) is 4.79 Å². The molecule has 1 rings (SSSR count). The zero-order valence-electron chi connectivity index (χ0n) is 9.62. The molecule has 0 saturated carbocycles. The quantitative estimate of drug-likeness (QED) is 0.635. The zero-order valence-corrected chi connectivity index (χ0v) is 9.62. The standard InChI is InChI=1S/C11H21N3O/c1-4-5-14-8-9(2)6-13-11(15)10(14)7-12-3/h4,9-10,12H,1,5-8H2,2-3H3,(H,13,15). The number of amides is 1. The van der Waals surface area contributed by atoms with Crippen molar-refractivity contribution in [2.75, 3.05) is 33.2 Å². The van der Waals surface area contributed by atoms with Gasteiger partial charge in [0.2, 0.25) is 5.91 Å². The maximum atomic E-state index is 11.8. The molecule has 2 N–H and O–H groups in total. The summed E-state index contributed by atoms with van der Waals surface area (Å²) in [7, 11) is 1.87. The van der Waals surface area contributed by atoms with Gasteiger partial charge in [0.1, 0.15) is 6.04 Å². The molecule has 2 unspecified atom stereocenters. The highest BCUT2D eigenvalue weighted by molar-refractivity contribution is 5.82. The molecule has 0 aromatic carbocycles. The van der Waals surface area contributed by atoms with E-state index in [1.807, 2.05) is 13.1 Å². The van der Waals surface area contributed by atoms with Gasteiger partial charge in [0.25, 0.3) is 0 Å². The van der Waals surface area contributed by atoms with Gasteiger partial charge in [-0.05, 0) is 13.0 Å². The maximum absolute atomic E-state index is 11.8. The van der Waals surface area contributed by atoms with E-state index in [1.165, 1.54) is 0 Å². The third kappa shape index (κ3) is 3.32. The molecule has 0 aromatic heterocycles. The molecule has 1 amide bonds. The smallest absolute Gasteiger partial charge is 0.238 e. The average Bonchev–Trinajstić information content (AvgIpc) is 2.33. The van der Waals surface area contributed by atoms with Crippen LogP contribution in [-0.2, 0) is 4.79 Å². The Kier molecular flexibility index (Phi) is 4.78. The van der Waals surface area contributed by atoms with Crippen LogP contribution in [0.15, 0.2) is 12.7 Å². The van der Waals surface area contributed by atoms with Gasteiger partial charge in [0.15, 0.2) is 0 Å². The van der Waals surface area contributed by atoms with Gasteiger partial charge >= 0.3 is 0 Å². The van der Waals surface area contributed by atoms with Crippen LogP contribution < -0.4 is 10.6 Å². The lowest BCUT2D eigenvalue weighted by molar-refractivity contribution is -0.125. The Hall–Kier alpha value is -0.870. The van der Waals surface area contributed by atoms with Crippen LogP contribution in [0.4, 0.5) is 0 Å². The number of carbonyl (C=O) groups excluding carboxylic acids is 1. The van der Waals surface area contributed by atoms with Crippen molar-refractivity contribution in [3.63, 3.8) is 0 Å². The summed E-state index contributed by atoms with van der Waals surface area (Å²) < 4.78 is 0. The second-order valence-electron chi connectivity index (χ2n) is 4.17. The van der Waals surface area contributed by atoms with E-state index in [4.69, 9.17) is 0 Å². The predicted molar refractivity (Wildman–Crippen MR) is 61.7 cm³/mol. The topological polar surface area (TPSA) is 44.4 Å². The summed E-state index contributed by atoms with van der Waals surface area (Å²) in [6, 6.07) is -0.0713. The number of likely N-dealkylation sites (N-methyl/N-ethyl adjacent to an activating group) is 1. The summed E-state index contributed by atoms with van der Waals surface area (Å²) in [6.07, 6.45) is 1.86. The first kappa shape index (κ1) is 12.2. The Morgan fingerprint density at radius 1 is 1.73 bits per heavy atom. The molecule has 0 spiro atoms. The molecule has 1 saturated heterocycles. The van der Waals surface area contributed by atoms with Crippen molar-refractivity contribution in [2.24, 2.45) is 5.92 Å². The first-order valence-electron chi connectivity index (χ1n) is 5.46. The first-order chi connectivity index (χ1) is 7.19. The molecule has 15 heavy (non-hydrogen) atoms. The van der Waals surface area contributed by atoms with E-state index in [0.29, 0.717) is 12.5 Å². The van der Waals surface area contributed by atoms with E-state index < -0.39 is 0 Å². The number of nitrogens with zero attached hydrogens (tertiary/aromatic N) is 1. The van der Waals surface area contributed by atoms with Crippen molar-refractivity contribution in [1.29, 1.82) is 0 Å². The van der Waals surface area contributed by atoms with Crippen molar-refractivity contribution in [2.45, 2.75) is 13.0 Å². The van der Waals surface area contributed by atoms with Crippen LogP contribution in [0.3, 0.4) is 0 Å². The molecule has 86 valence electrons. The highest BCUT2D eigenvalue weighted by Gasteiger charge is 2.28. The molecule has 0 aromatic rings. The van der Waals surface area contributed by atoms with Gasteiger partial charge in [-0.1, -0.05) is 13.0 Å². The van der Waals surface area contributed by atoms with Gasteiger partial charge in [0.05, 0.1) is 0 Å². The van der Waals surface area contributed by atoms with Gasteiger partial charge in [0, 0.05) is 26.2 Å². The van der Waals surface area contributed by atoms with Crippen molar-refractivity contribution in [3.8, 4) is 0 Å². The fraction of sp³-hybridized carbons (Fsp3) is 0.727. The van der Waals surface area contributed by atoms with Crippen molar-refractivity contribution in [3.05, 3.63) is 12.7 Å². The van der Waals surface area contributed by atoms with Gasteiger partial charge < -0.3 is 10.6 Å². The lowest BCUT2D eigenvalue weighted by Gasteiger charge is -2.27. The molecule has 0 aliphatic carbocycles. The molecular formula is C11H21N3O. The maximum Gasteiger partial charge on any atom is 0.238 e. The largest absolute Gasteiger partial charge is 0.354 e. The number of rotatable bonds is 4. The minimum atomic E-state index is -0.0713. The molecule has 1 aliphatic heterocycles. The van der Waals surface area contributed by atoms with Gasteiger partial charge in [-0.3, -0.25) is 9.69 Å². The Morgan fingerprint density at radius 2 is 2.47 bits per heavy atom. The summed E-state index contributed by atoms with van der Waals surface area (Å²) >= 11 is 0. The van der Waals surface area contributed by atoms with E-state index in [2.05, 4.69) is 29.0 Å². The minimum Gasteiger partial charge on any atom is -0.354 e. The third-order valence-electron chi connectivity index (χ3n) is 2.68. The Morgan fingerprint density at radius 3 is 3.07 bits per heavy atom. The van der Waals surface area contributed by atoms with Crippen LogP contribution in [0.25, 0.3) is 0 Å². The molecule has 1 fully saturated rings. The zero-order chi connectivity index (χ0) is 11.3. The Bertz CT molecular complexity index is 230. The molecule has 4 nitrogen and oxygen atoms in total. The first-order valence-corrected chi connectivity index (χ1v) is 5.46. The SMILES string of the molecule is C=CCN1CC(C)CNC(=O)C1CNC. The fourth-order valence-corrected chi connectivity index (χ4v) is 1.93. The summed E-state index contributed by atoms with van der Waals surface area (Å²) in [5.74, 6) is 0.617. The van der Waals surface area contributed by atoms with Crippen LogP contribution in [0.5, 0.6) is 0 Å².